The van der Waals surface area contributed by atoms with Gasteiger partial charge < -0.3 is 15.0 Å². The summed E-state index contributed by atoms with van der Waals surface area (Å²) in [6, 6.07) is 14.4. The number of aryl methyl sites for hydroxylation is 1. The van der Waals surface area contributed by atoms with Crippen molar-refractivity contribution in [1.29, 1.82) is 0 Å². The number of fused-ring (bicyclic) bond motifs is 1. The minimum atomic E-state index is -0.156. The molecule has 0 bridgehead atoms. The number of aromatic nitrogens is 1. The third-order valence-electron chi connectivity index (χ3n) is 6.18. The topological polar surface area (TPSA) is 71.5 Å². The highest BCUT2D eigenvalue weighted by atomic mass is 32.1. The van der Waals surface area contributed by atoms with E-state index in [1.54, 1.807) is 5.38 Å². The number of nitrogens with zero attached hydrogens (tertiary/aromatic N) is 2. The first-order chi connectivity index (χ1) is 16.9. The molecular formula is C28H33N3O3S. The van der Waals surface area contributed by atoms with Gasteiger partial charge in [-0.25, -0.2) is 4.98 Å². The maximum Gasteiger partial charge on any atom is 0.270 e. The molecule has 1 aromatic heterocycles. The molecule has 0 radical (unpaired) electrons. The number of benzene rings is 2. The molecule has 1 atom stereocenters. The van der Waals surface area contributed by atoms with Crippen LogP contribution in [0.3, 0.4) is 0 Å². The molecule has 0 spiro atoms. The van der Waals surface area contributed by atoms with Gasteiger partial charge in [0.05, 0.1) is 6.04 Å². The Morgan fingerprint density at radius 3 is 2.69 bits per heavy atom. The van der Waals surface area contributed by atoms with E-state index in [9.17, 15) is 9.59 Å². The van der Waals surface area contributed by atoms with Gasteiger partial charge in [0.1, 0.15) is 23.1 Å². The van der Waals surface area contributed by atoms with E-state index in [0.29, 0.717) is 31.1 Å². The minimum Gasteiger partial charge on any atom is -0.486 e. The number of carbonyl (C=O) groups excluding carboxylic acids is 2. The van der Waals surface area contributed by atoms with Crippen LogP contribution in [0.4, 0.5) is 0 Å². The zero-order valence-electron chi connectivity index (χ0n) is 20.8. The van der Waals surface area contributed by atoms with Crippen LogP contribution in [-0.4, -0.2) is 34.8 Å². The molecule has 35 heavy (non-hydrogen) atoms. The molecule has 2 amide bonds. The normalized spacial score (nSPS) is 15.1. The average molecular weight is 492 g/mol. The number of hydrogen-bond acceptors (Lipinski definition) is 5. The van der Waals surface area contributed by atoms with E-state index in [-0.39, 0.29) is 24.5 Å². The molecule has 2 heterocycles. The lowest BCUT2D eigenvalue weighted by molar-refractivity contribution is -0.132. The smallest absolute Gasteiger partial charge is 0.270 e. The lowest BCUT2D eigenvalue weighted by Crippen LogP contribution is -2.40. The standard InChI is InChI=1S/C28H33N3O3S/c1-5-26(32)31-13-12-20-10-11-22(14-23(20)27(31)21-8-6-19(4)7-9-21)34-16-25-30-24(17-35-25)28(33)29-15-18(2)3/h6-11,14,17-18,27H,5,12-13,15-16H2,1-4H3,(H,29,33)/t27-/m1/s1. The Morgan fingerprint density at radius 1 is 1.20 bits per heavy atom. The largest absolute Gasteiger partial charge is 0.486 e. The lowest BCUT2D eigenvalue weighted by Gasteiger charge is -2.38. The van der Waals surface area contributed by atoms with Gasteiger partial charge in [-0.15, -0.1) is 11.3 Å². The molecule has 6 nitrogen and oxygen atoms in total. The lowest BCUT2D eigenvalue weighted by atomic mass is 9.87. The van der Waals surface area contributed by atoms with Crippen LogP contribution in [0.1, 0.15) is 71.0 Å². The Kier molecular flexibility index (Phi) is 7.86. The number of rotatable bonds is 8. The van der Waals surface area contributed by atoms with E-state index in [2.05, 4.69) is 67.5 Å². The van der Waals surface area contributed by atoms with Gasteiger partial charge in [0, 0.05) is 24.9 Å². The fraction of sp³-hybridized carbons (Fsp3) is 0.393. The van der Waals surface area contributed by atoms with E-state index in [4.69, 9.17) is 4.74 Å². The predicted molar refractivity (Wildman–Crippen MR) is 139 cm³/mol. The van der Waals surface area contributed by atoms with Crippen molar-refractivity contribution in [2.24, 2.45) is 5.92 Å². The molecule has 0 aliphatic carbocycles. The van der Waals surface area contributed by atoms with Gasteiger partial charge in [0.2, 0.25) is 5.91 Å². The van der Waals surface area contributed by atoms with Gasteiger partial charge in [-0.1, -0.05) is 56.7 Å². The highest BCUT2D eigenvalue weighted by Gasteiger charge is 2.31. The van der Waals surface area contributed by atoms with Crippen molar-refractivity contribution in [2.45, 2.75) is 53.2 Å². The van der Waals surface area contributed by atoms with Crippen LogP contribution in [0.2, 0.25) is 0 Å². The molecule has 184 valence electrons. The first kappa shape index (κ1) is 24.9. The fourth-order valence-corrected chi connectivity index (χ4v) is 4.96. The van der Waals surface area contributed by atoms with Crippen LogP contribution in [0.25, 0.3) is 0 Å². The summed E-state index contributed by atoms with van der Waals surface area (Å²) >= 11 is 1.42. The van der Waals surface area contributed by atoms with E-state index in [0.717, 1.165) is 28.3 Å². The van der Waals surface area contributed by atoms with Gasteiger partial charge in [0.15, 0.2) is 0 Å². The van der Waals surface area contributed by atoms with Crippen LogP contribution in [0.15, 0.2) is 47.8 Å². The predicted octanol–water partition coefficient (Wildman–Crippen LogP) is 5.30. The molecule has 7 heteroatoms. The average Bonchev–Trinajstić information content (AvgIpc) is 3.34. The second-order valence-corrected chi connectivity index (χ2v) is 10.3. The first-order valence-electron chi connectivity index (χ1n) is 12.2. The number of carbonyl (C=O) groups is 2. The summed E-state index contributed by atoms with van der Waals surface area (Å²) in [6.07, 6.45) is 1.30. The van der Waals surface area contributed by atoms with E-state index >= 15 is 0 Å². The minimum absolute atomic E-state index is 0.133. The highest BCUT2D eigenvalue weighted by Crippen LogP contribution is 2.37. The van der Waals surface area contributed by atoms with Gasteiger partial charge in [-0.2, -0.15) is 0 Å². The molecule has 1 aliphatic heterocycles. The van der Waals surface area contributed by atoms with Crippen LogP contribution in [-0.2, 0) is 17.8 Å². The molecule has 0 saturated heterocycles. The van der Waals surface area contributed by atoms with Gasteiger partial charge >= 0.3 is 0 Å². The number of amides is 2. The summed E-state index contributed by atoms with van der Waals surface area (Å²) in [5.41, 5.74) is 5.06. The molecule has 1 N–H and O–H groups in total. The first-order valence-corrected chi connectivity index (χ1v) is 13.1. The number of thiazole rings is 1. The van der Waals surface area contributed by atoms with Crippen LogP contribution < -0.4 is 10.1 Å². The zero-order chi connectivity index (χ0) is 24.9. The molecule has 3 aromatic rings. The summed E-state index contributed by atoms with van der Waals surface area (Å²) in [5, 5.41) is 5.41. The number of ether oxygens (including phenoxy) is 1. The van der Waals surface area contributed by atoms with Crippen molar-refractivity contribution in [2.75, 3.05) is 13.1 Å². The van der Waals surface area contributed by atoms with Crippen LogP contribution in [0.5, 0.6) is 5.75 Å². The maximum absolute atomic E-state index is 12.8. The summed E-state index contributed by atoms with van der Waals surface area (Å²) in [7, 11) is 0. The van der Waals surface area contributed by atoms with Crippen molar-refractivity contribution >= 4 is 23.2 Å². The number of hydrogen-bond donors (Lipinski definition) is 1. The van der Waals surface area contributed by atoms with E-state index < -0.39 is 0 Å². The Balaban J connectivity index is 1.53. The second kappa shape index (κ2) is 11.0. The van der Waals surface area contributed by atoms with Crippen molar-refractivity contribution in [1.82, 2.24) is 15.2 Å². The van der Waals surface area contributed by atoms with E-state index in [1.807, 2.05) is 17.9 Å². The van der Waals surface area contributed by atoms with Crippen molar-refractivity contribution in [3.05, 3.63) is 80.8 Å². The summed E-state index contributed by atoms with van der Waals surface area (Å²) in [5.74, 6) is 1.11. The Hall–Kier alpha value is -3.19. The Labute approximate surface area is 211 Å². The Morgan fingerprint density at radius 2 is 1.97 bits per heavy atom. The third-order valence-corrected chi connectivity index (χ3v) is 7.00. The van der Waals surface area contributed by atoms with Crippen molar-refractivity contribution in [3.63, 3.8) is 0 Å². The summed E-state index contributed by atoms with van der Waals surface area (Å²) in [6.45, 7) is 9.70. The molecule has 0 unspecified atom stereocenters. The Bertz CT molecular complexity index is 1190. The monoisotopic (exact) mass is 491 g/mol. The fourth-order valence-electron chi connectivity index (χ4n) is 4.28. The van der Waals surface area contributed by atoms with Gasteiger partial charge in [-0.3, -0.25) is 9.59 Å². The molecule has 0 saturated carbocycles. The van der Waals surface area contributed by atoms with Crippen LogP contribution >= 0.6 is 11.3 Å². The highest BCUT2D eigenvalue weighted by molar-refractivity contribution is 7.09. The third kappa shape index (κ3) is 5.90. The molecular weight excluding hydrogens is 458 g/mol. The van der Waals surface area contributed by atoms with Gasteiger partial charge in [-0.05, 0) is 48.1 Å². The molecule has 2 aromatic carbocycles. The summed E-state index contributed by atoms with van der Waals surface area (Å²) in [4.78, 5) is 31.5. The quantitative estimate of drug-likeness (QED) is 0.464. The van der Waals surface area contributed by atoms with E-state index in [1.165, 1.54) is 22.5 Å². The molecule has 1 aliphatic rings. The second-order valence-electron chi connectivity index (χ2n) is 9.38. The molecule has 4 rings (SSSR count). The summed E-state index contributed by atoms with van der Waals surface area (Å²) < 4.78 is 6.09. The number of nitrogens with one attached hydrogen (secondary N) is 1. The van der Waals surface area contributed by atoms with Crippen molar-refractivity contribution in [3.8, 4) is 5.75 Å². The molecule has 0 fully saturated rings. The van der Waals surface area contributed by atoms with Gasteiger partial charge in [0.25, 0.3) is 5.91 Å². The van der Waals surface area contributed by atoms with Crippen molar-refractivity contribution < 1.29 is 14.3 Å². The van der Waals surface area contributed by atoms with Crippen LogP contribution in [0, 0.1) is 12.8 Å². The SMILES string of the molecule is CCC(=O)N1CCc2ccc(OCc3nc(C(=O)NCC(C)C)cs3)cc2[C@H]1c1ccc(C)cc1. The maximum atomic E-state index is 12.8. The zero-order valence-corrected chi connectivity index (χ0v) is 21.7.